The summed E-state index contributed by atoms with van der Waals surface area (Å²) >= 11 is 3.42. The molecule has 1 aromatic carbocycles. The molecule has 0 amide bonds. The van der Waals surface area contributed by atoms with Crippen molar-refractivity contribution >= 4 is 21.7 Å². The number of hydrogen-bond acceptors (Lipinski definition) is 3. The summed E-state index contributed by atoms with van der Waals surface area (Å²) in [4.78, 5) is 4.33. The van der Waals surface area contributed by atoms with Crippen molar-refractivity contribution in [3.63, 3.8) is 0 Å². The molecule has 0 spiro atoms. The molecule has 0 aliphatic rings. The quantitative estimate of drug-likeness (QED) is 0.763. The van der Waals surface area contributed by atoms with Gasteiger partial charge in [-0.15, -0.1) is 0 Å². The van der Waals surface area contributed by atoms with Crippen LogP contribution in [0.5, 0.6) is 0 Å². The molecule has 2 heterocycles. The number of nitrogens with one attached hydrogen (secondary N) is 1. The number of benzene rings is 1. The van der Waals surface area contributed by atoms with Crippen LogP contribution in [0.2, 0.25) is 0 Å². The topological polar surface area (TPSA) is 72.5 Å². The van der Waals surface area contributed by atoms with Gasteiger partial charge in [0.2, 0.25) is 0 Å². The zero-order valence-electron chi connectivity index (χ0n) is 10.3. The van der Waals surface area contributed by atoms with Gasteiger partial charge in [-0.2, -0.15) is 5.10 Å². The third-order valence-electron chi connectivity index (χ3n) is 2.89. The van der Waals surface area contributed by atoms with E-state index in [9.17, 15) is 0 Å². The van der Waals surface area contributed by atoms with Crippen molar-refractivity contribution in [3.8, 4) is 22.5 Å². The van der Waals surface area contributed by atoms with Gasteiger partial charge in [-0.1, -0.05) is 28.1 Å². The predicted molar refractivity (Wildman–Crippen MR) is 78.3 cm³/mol. The number of imidazole rings is 1. The lowest BCUT2D eigenvalue weighted by molar-refractivity contribution is 0.913. The van der Waals surface area contributed by atoms with Crippen molar-refractivity contribution in [2.75, 3.05) is 5.73 Å². The van der Waals surface area contributed by atoms with E-state index in [0.29, 0.717) is 5.82 Å². The molecule has 3 aromatic rings. The number of hydrogen-bond donors (Lipinski definition) is 2. The molecule has 96 valence electrons. The molecule has 2 aromatic heterocycles. The number of aromatic nitrogens is 4. The van der Waals surface area contributed by atoms with Gasteiger partial charge in [0.05, 0.1) is 17.6 Å². The molecule has 19 heavy (non-hydrogen) atoms. The molecule has 0 saturated heterocycles. The minimum Gasteiger partial charge on any atom is -0.382 e. The van der Waals surface area contributed by atoms with E-state index in [2.05, 4.69) is 31.1 Å². The first-order valence-corrected chi connectivity index (χ1v) is 6.52. The minimum absolute atomic E-state index is 0.475. The van der Waals surface area contributed by atoms with Crippen molar-refractivity contribution in [1.82, 2.24) is 19.7 Å². The normalized spacial score (nSPS) is 10.8. The Kier molecular flexibility index (Phi) is 2.87. The number of H-pyrrole nitrogens is 1. The van der Waals surface area contributed by atoms with E-state index in [0.717, 1.165) is 27.0 Å². The maximum Gasteiger partial charge on any atom is 0.153 e. The number of aromatic amines is 1. The summed E-state index contributed by atoms with van der Waals surface area (Å²) in [6, 6.07) is 7.95. The highest BCUT2D eigenvalue weighted by Crippen LogP contribution is 2.34. The van der Waals surface area contributed by atoms with Gasteiger partial charge in [0.1, 0.15) is 5.69 Å². The first-order valence-electron chi connectivity index (χ1n) is 5.73. The van der Waals surface area contributed by atoms with Crippen molar-refractivity contribution in [2.45, 2.75) is 0 Å². The average Bonchev–Trinajstić information content (AvgIpc) is 2.97. The van der Waals surface area contributed by atoms with Crippen molar-refractivity contribution < 1.29 is 0 Å². The van der Waals surface area contributed by atoms with E-state index in [1.54, 1.807) is 6.33 Å². The van der Waals surface area contributed by atoms with E-state index >= 15 is 0 Å². The van der Waals surface area contributed by atoms with Gasteiger partial charge in [0, 0.05) is 17.7 Å². The number of nitrogens with two attached hydrogens (primary N) is 1. The summed E-state index contributed by atoms with van der Waals surface area (Å²) in [6.07, 6.45) is 3.67. The van der Waals surface area contributed by atoms with E-state index in [4.69, 9.17) is 5.73 Å². The zero-order chi connectivity index (χ0) is 13.4. The Labute approximate surface area is 118 Å². The number of nitrogen functional groups attached to an aromatic ring is 1. The standard InChI is InChI=1S/C13H12BrN5/c1-19-6-10(16-7-19)12-11(13(15)18-17-12)8-2-4-9(14)5-3-8/h2-7H,1H3,(H3,15,17,18). The molecule has 3 rings (SSSR count). The Morgan fingerprint density at radius 3 is 2.63 bits per heavy atom. The average molecular weight is 318 g/mol. The highest BCUT2D eigenvalue weighted by atomic mass is 79.9. The molecule has 0 aliphatic heterocycles. The molecule has 0 aliphatic carbocycles. The summed E-state index contributed by atoms with van der Waals surface area (Å²) in [6.45, 7) is 0. The highest BCUT2D eigenvalue weighted by molar-refractivity contribution is 9.10. The molecule has 6 heteroatoms. The second-order valence-corrected chi connectivity index (χ2v) is 5.21. The Hall–Kier alpha value is -2.08. The molecule has 0 fully saturated rings. The van der Waals surface area contributed by atoms with Crippen LogP contribution in [-0.2, 0) is 7.05 Å². The lowest BCUT2D eigenvalue weighted by atomic mass is 10.0. The van der Waals surface area contributed by atoms with Crippen LogP contribution in [-0.4, -0.2) is 19.7 Å². The van der Waals surface area contributed by atoms with Crippen LogP contribution in [0.25, 0.3) is 22.5 Å². The van der Waals surface area contributed by atoms with E-state index < -0.39 is 0 Å². The van der Waals surface area contributed by atoms with Crippen molar-refractivity contribution in [2.24, 2.45) is 7.05 Å². The molecule has 0 radical (unpaired) electrons. The second kappa shape index (κ2) is 4.55. The summed E-state index contributed by atoms with van der Waals surface area (Å²) in [7, 11) is 1.93. The van der Waals surface area contributed by atoms with Crippen molar-refractivity contribution in [3.05, 3.63) is 41.3 Å². The third-order valence-corrected chi connectivity index (χ3v) is 3.42. The van der Waals surface area contributed by atoms with E-state index in [1.165, 1.54) is 0 Å². The SMILES string of the molecule is Cn1cnc(-c2[nH]nc(N)c2-c2ccc(Br)cc2)c1. The first-order chi connectivity index (χ1) is 9.15. The van der Waals surface area contributed by atoms with Crippen LogP contribution in [0.15, 0.2) is 41.3 Å². The monoisotopic (exact) mass is 317 g/mol. The van der Waals surface area contributed by atoms with Crippen LogP contribution >= 0.6 is 15.9 Å². The molecule has 0 atom stereocenters. The molecule has 0 bridgehead atoms. The fourth-order valence-corrected chi connectivity index (χ4v) is 2.26. The number of anilines is 1. The van der Waals surface area contributed by atoms with Crippen LogP contribution in [0, 0.1) is 0 Å². The smallest absolute Gasteiger partial charge is 0.153 e. The fourth-order valence-electron chi connectivity index (χ4n) is 1.99. The molecule has 0 unspecified atom stereocenters. The van der Waals surface area contributed by atoms with Gasteiger partial charge in [-0.3, -0.25) is 5.10 Å². The van der Waals surface area contributed by atoms with Crippen LogP contribution in [0.4, 0.5) is 5.82 Å². The van der Waals surface area contributed by atoms with E-state index in [1.807, 2.05) is 42.1 Å². The summed E-state index contributed by atoms with van der Waals surface area (Å²) in [5.74, 6) is 0.475. The maximum absolute atomic E-state index is 5.97. The Bertz CT molecular complexity index is 711. The second-order valence-electron chi connectivity index (χ2n) is 4.29. The fraction of sp³-hybridized carbons (Fsp3) is 0.0769. The number of aryl methyl sites for hydroxylation is 1. The summed E-state index contributed by atoms with van der Waals surface area (Å²) < 4.78 is 2.91. The first kappa shape index (κ1) is 12.0. The van der Waals surface area contributed by atoms with Crippen molar-refractivity contribution in [1.29, 1.82) is 0 Å². The van der Waals surface area contributed by atoms with Crippen LogP contribution in [0.3, 0.4) is 0 Å². The zero-order valence-corrected chi connectivity index (χ0v) is 11.8. The summed E-state index contributed by atoms with van der Waals surface area (Å²) in [5, 5.41) is 7.05. The Morgan fingerprint density at radius 1 is 1.26 bits per heavy atom. The largest absolute Gasteiger partial charge is 0.382 e. The van der Waals surface area contributed by atoms with Gasteiger partial charge in [-0.25, -0.2) is 4.98 Å². The molecular formula is C13H12BrN5. The minimum atomic E-state index is 0.475. The number of halogens is 1. The van der Waals surface area contributed by atoms with Crippen LogP contribution < -0.4 is 5.73 Å². The molecular weight excluding hydrogens is 306 g/mol. The lowest BCUT2D eigenvalue weighted by Gasteiger charge is -2.02. The van der Waals surface area contributed by atoms with Gasteiger partial charge in [-0.05, 0) is 17.7 Å². The Morgan fingerprint density at radius 2 is 2.00 bits per heavy atom. The van der Waals surface area contributed by atoms with Gasteiger partial charge in [0.15, 0.2) is 5.82 Å². The van der Waals surface area contributed by atoms with Gasteiger partial charge >= 0.3 is 0 Å². The van der Waals surface area contributed by atoms with Gasteiger partial charge in [0.25, 0.3) is 0 Å². The maximum atomic E-state index is 5.97. The number of rotatable bonds is 2. The highest BCUT2D eigenvalue weighted by Gasteiger charge is 2.16. The summed E-state index contributed by atoms with van der Waals surface area (Å²) in [5.41, 5.74) is 9.51. The van der Waals surface area contributed by atoms with Crippen LogP contribution in [0.1, 0.15) is 0 Å². The third kappa shape index (κ3) is 2.15. The number of nitrogens with zero attached hydrogens (tertiary/aromatic N) is 3. The predicted octanol–water partition coefficient (Wildman–Crippen LogP) is 2.82. The lowest BCUT2D eigenvalue weighted by Crippen LogP contribution is -1.88. The Balaban J connectivity index is 2.16. The molecule has 3 N–H and O–H groups in total. The van der Waals surface area contributed by atoms with Gasteiger partial charge < -0.3 is 10.3 Å². The van der Waals surface area contributed by atoms with E-state index in [-0.39, 0.29) is 0 Å². The molecule has 0 saturated carbocycles. The molecule has 5 nitrogen and oxygen atoms in total.